The smallest absolute Gasteiger partial charge is 0.231 e. The molecular formula is C21H25ClN4O3S. The standard InChI is InChI=1S/C21H25ClN4O3S/c1-26(15-5-3-2-4-6-15)19-10-18(22)24-21(25-19)30-12-20(27)23-11-14-7-8-16-17(9-14)29-13-28-16/h7-10,15H,2-6,11-13H2,1H3,(H,23,27). The van der Waals surface area contributed by atoms with Crippen LogP contribution < -0.4 is 19.7 Å². The quantitative estimate of drug-likeness (QED) is 0.389. The van der Waals surface area contributed by atoms with E-state index in [4.69, 9.17) is 21.1 Å². The number of aromatic nitrogens is 2. The molecule has 1 saturated carbocycles. The Morgan fingerprint density at radius 3 is 2.83 bits per heavy atom. The Kier molecular flexibility index (Phi) is 6.84. The molecule has 2 aromatic rings. The summed E-state index contributed by atoms with van der Waals surface area (Å²) in [5, 5.41) is 3.82. The first-order chi connectivity index (χ1) is 14.6. The fourth-order valence-corrected chi connectivity index (χ4v) is 4.63. The largest absolute Gasteiger partial charge is 0.454 e. The van der Waals surface area contributed by atoms with Crippen LogP contribution >= 0.6 is 23.4 Å². The minimum Gasteiger partial charge on any atom is -0.454 e. The molecule has 2 heterocycles. The number of fused-ring (bicyclic) bond motifs is 1. The summed E-state index contributed by atoms with van der Waals surface area (Å²) in [6.07, 6.45) is 6.14. The van der Waals surface area contributed by atoms with Crippen molar-refractivity contribution in [2.75, 3.05) is 24.5 Å². The number of nitrogens with one attached hydrogen (secondary N) is 1. The Labute approximate surface area is 185 Å². The summed E-state index contributed by atoms with van der Waals surface area (Å²) in [6, 6.07) is 7.91. The first-order valence-electron chi connectivity index (χ1n) is 10.1. The summed E-state index contributed by atoms with van der Waals surface area (Å²) < 4.78 is 10.7. The van der Waals surface area contributed by atoms with Crippen molar-refractivity contribution in [1.82, 2.24) is 15.3 Å². The maximum Gasteiger partial charge on any atom is 0.231 e. The van der Waals surface area contributed by atoms with Gasteiger partial charge in [0, 0.05) is 25.7 Å². The van der Waals surface area contributed by atoms with Crippen molar-refractivity contribution in [3.05, 3.63) is 35.0 Å². The normalized spacial score (nSPS) is 15.8. The topological polar surface area (TPSA) is 76.6 Å². The monoisotopic (exact) mass is 448 g/mol. The van der Waals surface area contributed by atoms with Gasteiger partial charge in [0.1, 0.15) is 11.0 Å². The molecule has 2 aliphatic rings. The lowest BCUT2D eigenvalue weighted by Gasteiger charge is -2.32. The zero-order valence-electron chi connectivity index (χ0n) is 16.9. The number of hydrogen-bond donors (Lipinski definition) is 1. The van der Waals surface area contributed by atoms with E-state index in [0.29, 0.717) is 28.6 Å². The van der Waals surface area contributed by atoms with Crippen LogP contribution in [-0.4, -0.2) is 41.5 Å². The van der Waals surface area contributed by atoms with Crippen LogP contribution in [0.5, 0.6) is 11.5 Å². The van der Waals surface area contributed by atoms with Crippen molar-refractivity contribution >= 4 is 35.1 Å². The molecule has 1 aliphatic carbocycles. The highest BCUT2D eigenvalue weighted by atomic mass is 35.5. The highest BCUT2D eigenvalue weighted by molar-refractivity contribution is 7.99. The molecule has 1 fully saturated rings. The van der Waals surface area contributed by atoms with E-state index in [1.807, 2.05) is 18.2 Å². The van der Waals surface area contributed by atoms with Crippen molar-refractivity contribution in [1.29, 1.82) is 0 Å². The Bertz CT molecular complexity index is 908. The molecule has 0 spiro atoms. The number of carbonyl (C=O) groups is 1. The maximum absolute atomic E-state index is 12.3. The van der Waals surface area contributed by atoms with Crippen molar-refractivity contribution < 1.29 is 14.3 Å². The number of nitrogens with zero attached hydrogens (tertiary/aromatic N) is 3. The van der Waals surface area contributed by atoms with Crippen molar-refractivity contribution in [3.8, 4) is 11.5 Å². The van der Waals surface area contributed by atoms with Gasteiger partial charge in [-0.1, -0.05) is 48.7 Å². The Hall–Kier alpha value is -2.19. The molecule has 1 aromatic carbocycles. The summed E-state index contributed by atoms with van der Waals surface area (Å²) >= 11 is 7.51. The summed E-state index contributed by atoms with van der Waals surface area (Å²) in [5.41, 5.74) is 0.952. The molecule has 4 rings (SSSR count). The van der Waals surface area contributed by atoms with Gasteiger partial charge < -0.3 is 19.7 Å². The molecule has 0 saturated heterocycles. The van der Waals surface area contributed by atoms with Crippen molar-refractivity contribution in [3.63, 3.8) is 0 Å². The zero-order chi connectivity index (χ0) is 20.9. The molecular weight excluding hydrogens is 424 g/mol. The number of ether oxygens (including phenoxy) is 2. The molecule has 1 amide bonds. The molecule has 0 radical (unpaired) electrons. The van der Waals surface area contributed by atoms with Crippen LogP contribution in [0.25, 0.3) is 0 Å². The molecule has 0 bridgehead atoms. The summed E-state index contributed by atoms with van der Waals surface area (Å²) in [6.45, 7) is 0.654. The Balaban J connectivity index is 1.30. The van der Waals surface area contributed by atoms with E-state index in [0.717, 1.165) is 17.1 Å². The maximum atomic E-state index is 12.3. The van der Waals surface area contributed by atoms with Crippen LogP contribution in [0.2, 0.25) is 5.15 Å². The lowest BCUT2D eigenvalue weighted by atomic mass is 9.94. The molecule has 1 N–H and O–H groups in total. The predicted molar refractivity (Wildman–Crippen MR) is 117 cm³/mol. The molecule has 160 valence electrons. The second kappa shape index (κ2) is 9.75. The van der Waals surface area contributed by atoms with Gasteiger partial charge in [0.15, 0.2) is 16.7 Å². The second-order valence-electron chi connectivity index (χ2n) is 7.49. The Morgan fingerprint density at radius 2 is 2.00 bits per heavy atom. The highest BCUT2D eigenvalue weighted by Crippen LogP contribution is 2.32. The predicted octanol–water partition coefficient (Wildman–Crippen LogP) is 4.04. The van der Waals surface area contributed by atoms with E-state index in [2.05, 4.69) is 27.2 Å². The molecule has 9 heteroatoms. The third-order valence-corrected chi connectivity index (χ3v) is 6.44. The molecule has 1 aromatic heterocycles. The van der Waals surface area contributed by atoms with Crippen molar-refractivity contribution in [2.24, 2.45) is 0 Å². The number of halogens is 1. The van der Waals surface area contributed by atoms with Crippen LogP contribution in [0.4, 0.5) is 5.82 Å². The van der Waals surface area contributed by atoms with Crippen LogP contribution in [-0.2, 0) is 11.3 Å². The van der Waals surface area contributed by atoms with Gasteiger partial charge in [-0.05, 0) is 30.5 Å². The number of anilines is 1. The van der Waals surface area contributed by atoms with E-state index in [1.165, 1.54) is 43.9 Å². The first kappa shape index (κ1) is 21.1. The summed E-state index contributed by atoms with van der Waals surface area (Å²) in [7, 11) is 2.06. The van der Waals surface area contributed by atoms with Gasteiger partial charge in [0.2, 0.25) is 12.7 Å². The number of rotatable bonds is 7. The van der Waals surface area contributed by atoms with Crippen LogP contribution in [0, 0.1) is 0 Å². The van der Waals surface area contributed by atoms with E-state index in [1.54, 1.807) is 6.07 Å². The summed E-state index contributed by atoms with van der Waals surface area (Å²) in [5.74, 6) is 2.37. The number of amides is 1. The highest BCUT2D eigenvalue weighted by Gasteiger charge is 2.20. The number of thioether (sulfide) groups is 1. The van der Waals surface area contributed by atoms with Gasteiger partial charge in [-0.2, -0.15) is 0 Å². The van der Waals surface area contributed by atoms with Gasteiger partial charge >= 0.3 is 0 Å². The van der Waals surface area contributed by atoms with Crippen LogP contribution in [0.3, 0.4) is 0 Å². The van der Waals surface area contributed by atoms with Gasteiger partial charge in [-0.25, -0.2) is 9.97 Å². The van der Waals surface area contributed by atoms with E-state index in [-0.39, 0.29) is 18.5 Å². The lowest BCUT2D eigenvalue weighted by molar-refractivity contribution is -0.118. The molecule has 7 nitrogen and oxygen atoms in total. The van der Waals surface area contributed by atoms with Crippen molar-refractivity contribution in [2.45, 2.75) is 49.8 Å². The number of carbonyl (C=O) groups excluding carboxylic acids is 1. The first-order valence-corrected chi connectivity index (χ1v) is 11.5. The molecule has 0 atom stereocenters. The number of benzene rings is 1. The summed E-state index contributed by atoms with van der Waals surface area (Å²) in [4.78, 5) is 23.4. The van der Waals surface area contributed by atoms with Crippen LogP contribution in [0.1, 0.15) is 37.7 Å². The minimum absolute atomic E-state index is 0.0940. The average Bonchev–Trinajstić information content (AvgIpc) is 3.24. The van der Waals surface area contributed by atoms with Gasteiger partial charge in [0.25, 0.3) is 0 Å². The van der Waals surface area contributed by atoms with E-state index >= 15 is 0 Å². The Morgan fingerprint density at radius 1 is 1.20 bits per heavy atom. The zero-order valence-corrected chi connectivity index (χ0v) is 18.5. The SMILES string of the molecule is CN(c1cc(Cl)nc(SCC(=O)NCc2ccc3c(c2)OCO3)n1)C1CCCCC1. The van der Waals surface area contributed by atoms with E-state index in [9.17, 15) is 4.79 Å². The second-order valence-corrected chi connectivity index (χ2v) is 8.82. The van der Waals surface area contributed by atoms with E-state index < -0.39 is 0 Å². The fraction of sp³-hybridized carbons (Fsp3) is 0.476. The van der Waals surface area contributed by atoms with Gasteiger partial charge in [0.05, 0.1) is 5.75 Å². The lowest BCUT2D eigenvalue weighted by Crippen LogP contribution is -2.34. The fourth-order valence-electron chi connectivity index (χ4n) is 3.72. The van der Waals surface area contributed by atoms with Crippen LogP contribution in [0.15, 0.2) is 29.4 Å². The molecule has 30 heavy (non-hydrogen) atoms. The molecule has 0 unspecified atom stereocenters. The third-order valence-electron chi connectivity index (χ3n) is 5.40. The molecule has 1 aliphatic heterocycles. The third kappa shape index (κ3) is 5.29. The minimum atomic E-state index is -0.0940. The van der Waals surface area contributed by atoms with Gasteiger partial charge in [-0.15, -0.1) is 0 Å². The van der Waals surface area contributed by atoms with Gasteiger partial charge in [-0.3, -0.25) is 4.79 Å². The number of hydrogen-bond acceptors (Lipinski definition) is 7. The average molecular weight is 449 g/mol.